The van der Waals surface area contributed by atoms with Gasteiger partial charge in [0.25, 0.3) is 5.91 Å². The lowest BCUT2D eigenvalue weighted by atomic mass is 10.0. The predicted octanol–water partition coefficient (Wildman–Crippen LogP) is 1.37. The molecule has 0 unspecified atom stereocenters. The molecule has 0 radical (unpaired) electrons. The first-order valence-electron chi connectivity index (χ1n) is 7.94. The molecular formula is C16H20F3N3O5. The van der Waals surface area contributed by atoms with Crippen molar-refractivity contribution < 1.29 is 37.4 Å². The molecule has 27 heavy (non-hydrogen) atoms. The standard InChI is InChI=1S/C16H20F3N3O5/c1-9(2)6-11(15(25)26)22-12(23)7-21-13(24)10-4-3-5-20-14(10)27-8-16(17,18)19/h3-5,9,11H,6-8H2,1-2H3,(H,21,24)(H,22,23)(H,25,26)/t11-/m0/s1. The van der Waals surface area contributed by atoms with E-state index in [-0.39, 0.29) is 17.9 Å². The van der Waals surface area contributed by atoms with Crippen LogP contribution in [0, 0.1) is 5.92 Å². The monoisotopic (exact) mass is 391 g/mol. The number of carboxylic acids is 1. The van der Waals surface area contributed by atoms with E-state index >= 15 is 0 Å². The van der Waals surface area contributed by atoms with E-state index < -0.39 is 49.0 Å². The summed E-state index contributed by atoms with van der Waals surface area (Å²) in [4.78, 5) is 38.6. The fraction of sp³-hybridized carbons (Fsp3) is 0.500. The molecular weight excluding hydrogens is 371 g/mol. The summed E-state index contributed by atoms with van der Waals surface area (Å²) in [6.45, 7) is 1.39. The molecule has 1 rings (SSSR count). The summed E-state index contributed by atoms with van der Waals surface area (Å²) < 4.78 is 41.2. The van der Waals surface area contributed by atoms with Crippen LogP contribution in [0.1, 0.15) is 30.6 Å². The normalized spacial score (nSPS) is 12.4. The maximum Gasteiger partial charge on any atom is 0.422 e. The van der Waals surface area contributed by atoms with Crippen LogP contribution in [-0.2, 0) is 9.59 Å². The van der Waals surface area contributed by atoms with Gasteiger partial charge < -0.3 is 20.5 Å². The number of carbonyl (C=O) groups excluding carboxylic acids is 2. The molecule has 0 aromatic carbocycles. The average molecular weight is 391 g/mol. The van der Waals surface area contributed by atoms with E-state index in [0.717, 1.165) is 6.20 Å². The molecule has 8 nitrogen and oxygen atoms in total. The molecule has 0 bridgehead atoms. The first-order valence-corrected chi connectivity index (χ1v) is 7.94. The number of aliphatic carboxylic acids is 1. The molecule has 11 heteroatoms. The number of hydrogen-bond acceptors (Lipinski definition) is 5. The van der Waals surface area contributed by atoms with Crippen LogP contribution >= 0.6 is 0 Å². The lowest BCUT2D eigenvalue weighted by Crippen LogP contribution is -2.46. The number of halogens is 3. The van der Waals surface area contributed by atoms with Gasteiger partial charge in [-0.05, 0) is 24.5 Å². The van der Waals surface area contributed by atoms with Crippen LogP contribution in [0.15, 0.2) is 18.3 Å². The topological polar surface area (TPSA) is 118 Å². The SMILES string of the molecule is CC(C)C[C@H](NC(=O)CNC(=O)c1cccnc1OCC(F)(F)F)C(=O)O. The number of hydrogen-bond donors (Lipinski definition) is 3. The third kappa shape index (κ3) is 8.38. The number of amides is 2. The van der Waals surface area contributed by atoms with Crippen LogP contribution in [0.2, 0.25) is 0 Å². The smallest absolute Gasteiger partial charge is 0.422 e. The van der Waals surface area contributed by atoms with Gasteiger partial charge in [-0.15, -0.1) is 0 Å². The molecule has 1 aromatic heterocycles. The summed E-state index contributed by atoms with van der Waals surface area (Å²) >= 11 is 0. The second-order valence-electron chi connectivity index (χ2n) is 6.03. The highest BCUT2D eigenvalue weighted by Crippen LogP contribution is 2.19. The molecule has 0 fully saturated rings. The van der Waals surface area contributed by atoms with E-state index in [1.807, 2.05) is 0 Å². The third-order valence-corrected chi connectivity index (χ3v) is 3.14. The zero-order valence-corrected chi connectivity index (χ0v) is 14.7. The fourth-order valence-electron chi connectivity index (χ4n) is 2.02. The van der Waals surface area contributed by atoms with Gasteiger partial charge in [-0.3, -0.25) is 9.59 Å². The Kier molecular flexibility index (Phi) is 8.00. The Morgan fingerprint density at radius 1 is 1.30 bits per heavy atom. The molecule has 0 aliphatic rings. The second-order valence-corrected chi connectivity index (χ2v) is 6.03. The Labute approximate surface area is 153 Å². The Hall–Kier alpha value is -2.85. The first kappa shape index (κ1) is 22.2. The van der Waals surface area contributed by atoms with Crippen molar-refractivity contribution in [3.8, 4) is 5.88 Å². The lowest BCUT2D eigenvalue weighted by molar-refractivity contribution is -0.154. The molecule has 1 aromatic rings. The number of nitrogens with zero attached hydrogens (tertiary/aromatic N) is 1. The summed E-state index contributed by atoms with van der Waals surface area (Å²) in [5.74, 6) is -3.36. The van der Waals surface area contributed by atoms with Crippen LogP contribution in [0.25, 0.3) is 0 Å². The van der Waals surface area contributed by atoms with Gasteiger partial charge >= 0.3 is 12.1 Å². The number of carbonyl (C=O) groups is 3. The van der Waals surface area contributed by atoms with E-state index in [1.165, 1.54) is 12.1 Å². The van der Waals surface area contributed by atoms with Crippen molar-refractivity contribution in [2.45, 2.75) is 32.5 Å². The highest BCUT2D eigenvalue weighted by Gasteiger charge is 2.29. The maximum atomic E-state index is 12.3. The Balaban J connectivity index is 2.66. The third-order valence-electron chi connectivity index (χ3n) is 3.14. The number of aromatic nitrogens is 1. The van der Waals surface area contributed by atoms with Gasteiger partial charge in [0.05, 0.1) is 6.54 Å². The highest BCUT2D eigenvalue weighted by atomic mass is 19.4. The second kappa shape index (κ2) is 9.74. The summed E-state index contributed by atoms with van der Waals surface area (Å²) in [7, 11) is 0. The van der Waals surface area contributed by atoms with Crippen LogP contribution in [0.5, 0.6) is 5.88 Å². The molecule has 150 valence electrons. The van der Waals surface area contributed by atoms with Gasteiger partial charge in [-0.1, -0.05) is 13.8 Å². The summed E-state index contributed by atoms with van der Waals surface area (Å²) in [6, 6.07) is 1.39. The quantitative estimate of drug-likeness (QED) is 0.585. The van der Waals surface area contributed by atoms with Crippen molar-refractivity contribution >= 4 is 17.8 Å². The Morgan fingerprint density at radius 2 is 1.96 bits per heavy atom. The molecule has 3 N–H and O–H groups in total. The number of carboxylic acid groups (broad SMARTS) is 1. The zero-order chi connectivity index (χ0) is 20.6. The molecule has 1 atom stereocenters. The molecule has 2 amide bonds. The molecule has 0 aliphatic carbocycles. The minimum Gasteiger partial charge on any atom is -0.480 e. The van der Waals surface area contributed by atoms with E-state index in [2.05, 4.69) is 20.4 Å². The van der Waals surface area contributed by atoms with Gasteiger partial charge in [0.1, 0.15) is 11.6 Å². The van der Waals surface area contributed by atoms with Gasteiger partial charge in [-0.2, -0.15) is 13.2 Å². The van der Waals surface area contributed by atoms with Crippen molar-refractivity contribution in [2.24, 2.45) is 5.92 Å². The minimum absolute atomic E-state index is 0.0183. The van der Waals surface area contributed by atoms with E-state index in [1.54, 1.807) is 13.8 Å². The summed E-state index contributed by atoms with van der Waals surface area (Å²) in [5, 5.41) is 13.5. The van der Waals surface area contributed by atoms with E-state index in [4.69, 9.17) is 5.11 Å². The van der Waals surface area contributed by atoms with Crippen molar-refractivity contribution in [3.05, 3.63) is 23.9 Å². The first-order chi connectivity index (χ1) is 12.5. The Bertz CT molecular complexity index is 680. The van der Waals surface area contributed by atoms with Crippen molar-refractivity contribution in [2.75, 3.05) is 13.2 Å². The van der Waals surface area contributed by atoms with Crippen LogP contribution in [-0.4, -0.2) is 53.2 Å². The fourth-order valence-corrected chi connectivity index (χ4v) is 2.02. The molecule has 0 aliphatic heterocycles. The maximum absolute atomic E-state index is 12.3. The number of pyridine rings is 1. The van der Waals surface area contributed by atoms with E-state index in [0.29, 0.717) is 0 Å². The van der Waals surface area contributed by atoms with Crippen molar-refractivity contribution in [1.82, 2.24) is 15.6 Å². The van der Waals surface area contributed by atoms with Gasteiger partial charge in [0.2, 0.25) is 11.8 Å². The lowest BCUT2D eigenvalue weighted by Gasteiger charge is -2.17. The number of nitrogens with one attached hydrogen (secondary N) is 2. The van der Waals surface area contributed by atoms with Gasteiger partial charge in [0.15, 0.2) is 6.61 Å². The zero-order valence-electron chi connectivity index (χ0n) is 14.7. The van der Waals surface area contributed by atoms with Crippen LogP contribution < -0.4 is 15.4 Å². The number of alkyl halides is 3. The van der Waals surface area contributed by atoms with Crippen molar-refractivity contribution in [3.63, 3.8) is 0 Å². The minimum atomic E-state index is -4.60. The molecule has 0 saturated carbocycles. The highest BCUT2D eigenvalue weighted by molar-refractivity contribution is 5.98. The van der Waals surface area contributed by atoms with Crippen LogP contribution in [0.3, 0.4) is 0 Å². The molecule has 0 spiro atoms. The summed E-state index contributed by atoms with van der Waals surface area (Å²) in [6.07, 6.45) is -3.25. The molecule has 0 saturated heterocycles. The van der Waals surface area contributed by atoms with Crippen LogP contribution in [0.4, 0.5) is 13.2 Å². The number of rotatable bonds is 9. The van der Waals surface area contributed by atoms with Crippen molar-refractivity contribution in [1.29, 1.82) is 0 Å². The predicted molar refractivity (Wildman–Crippen MR) is 87.1 cm³/mol. The van der Waals surface area contributed by atoms with Gasteiger partial charge in [0, 0.05) is 6.20 Å². The van der Waals surface area contributed by atoms with E-state index in [9.17, 15) is 27.6 Å². The molecule has 1 heterocycles. The largest absolute Gasteiger partial charge is 0.480 e. The van der Waals surface area contributed by atoms with Gasteiger partial charge in [-0.25, -0.2) is 9.78 Å². The number of ether oxygens (including phenoxy) is 1. The average Bonchev–Trinajstić information content (AvgIpc) is 2.56. The Morgan fingerprint density at radius 3 is 2.52 bits per heavy atom. The summed E-state index contributed by atoms with van der Waals surface area (Å²) in [5.41, 5.74) is -0.286.